The van der Waals surface area contributed by atoms with Crippen molar-refractivity contribution in [2.24, 2.45) is 5.92 Å². The van der Waals surface area contributed by atoms with E-state index in [1.807, 2.05) is 13.8 Å². The van der Waals surface area contributed by atoms with Crippen LogP contribution in [-0.2, 0) is 14.3 Å². The first-order chi connectivity index (χ1) is 10.8. The van der Waals surface area contributed by atoms with Crippen molar-refractivity contribution in [2.75, 3.05) is 13.7 Å². The van der Waals surface area contributed by atoms with E-state index in [1.165, 1.54) is 7.11 Å². The second kappa shape index (κ2) is 9.63. The van der Waals surface area contributed by atoms with E-state index in [0.717, 1.165) is 0 Å². The van der Waals surface area contributed by atoms with Gasteiger partial charge in [0.05, 0.1) is 18.7 Å². The van der Waals surface area contributed by atoms with Gasteiger partial charge in [-0.15, -0.1) is 0 Å². The Morgan fingerprint density at radius 2 is 1.96 bits per heavy atom. The number of benzene rings is 1. The Balaban J connectivity index is 2.37. The van der Waals surface area contributed by atoms with Gasteiger partial charge in [-0.3, -0.25) is 4.79 Å². The highest BCUT2D eigenvalue weighted by molar-refractivity contribution is 6.35. The minimum absolute atomic E-state index is 0.0458. The van der Waals surface area contributed by atoms with Crippen molar-refractivity contribution in [1.29, 1.82) is 0 Å². The third-order valence-electron chi connectivity index (χ3n) is 3.14. The Labute approximate surface area is 146 Å². The lowest BCUT2D eigenvalue weighted by Crippen LogP contribution is -2.45. The van der Waals surface area contributed by atoms with Crippen molar-refractivity contribution in [3.8, 4) is 5.75 Å². The molecule has 0 heterocycles. The average Bonchev–Trinajstić information content (AvgIpc) is 2.49. The molecule has 0 saturated heterocycles. The van der Waals surface area contributed by atoms with E-state index in [-0.39, 0.29) is 18.2 Å². The Hall–Kier alpha value is -1.46. The fourth-order valence-corrected chi connectivity index (χ4v) is 2.34. The van der Waals surface area contributed by atoms with E-state index < -0.39 is 12.0 Å². The highest BCUT2D eigenvalue weighted by Gasteiger charge is 2.24. The monoisotopic (exact) mass is 361 g/mol. The number of hydrogen-bond acceptors (Lipinski definition) is 4. The second-order valence-corrected chi connectivity index (χ2v) is 6.18. The molecular formula is C16H21Cl2NO4. The van der Waals surface area contributed by atoms with Crippen LogP contribution in [0.2, 0.25) is 10.0 Å². The zero-order valence-corrected chi connectivity index (χ0v) is 14.9. The van der Waals surface area contributed by atoms with Crippen molar-refractivity contribution in [3.05, 3.63) is 28.2 Å². The smallest absolute Gasteiger partial charge is 0.328 e. The molecule has 128 valence electrons. The molecule has 0 fully saturated rings. The minimum Gasteiger partial charge on any atom is -0.492 e. The summed E-state index contributed by atoms with van der Waals surface area (Å²) < 4.78 is 10.2. The molecule has 0 aliphatic heterocycles. The molecule has 0 aromatic heterocycles. The van der Waals surface area contributed by atoms with E-state index in [1.54, 1.807) is 18.2 Å². The summed E-state index contributed by atoms with van der Waals surface area (Å²) in [5.41, 5.74) is 0. The topological polar surface area (TPSA) is 64.6 Å². The van der Waals surface area contributed by atoms with E-state index in [0.29, 0.717) is 28.8 Å². The van der Waals surface area contributed by atoms with E-state index in [9.17, 15) is 9.59 Å². The predicted octanol–water partition coefficient (Wildman–Crippen LogP) is 3.47. The molecule has 0 unspecified atom stereocenters. The van der Waals surface area contributed by atoms with Crippen molar-refractivity contribution in [1.82, 2.24) is 5.32 Å². The molecule has 0 aliphatic rings. The number of carbonyl (C=O) groups is 2. The number of ether oxygens (including phenoxy) is 2. The van der Waals surface area contributed by atoms with Gasteiger partial charge in [-0.1, -0.05) is 37.0 Å². The normalized spacial score (nSPS) is 11.9. The van der Waals surface area contributed by atoms with Gasteiger partial charge in [0.1, 0.15) is 11.8 Å². The molecule has 0 aliphatic carbocycles. The number of rotatable bonds is 8. The van der Waals surface area contributed by atoms with Crippen LogP contribution in [0.3, 0.4) is 0 Å². The largest absolute Gasteiger partial charge is 0.492 e. The van der Waals surface area contributed by atoms with Crippen molar-refractivity contribution in [3.63, 3.8) is 0 Å². The Morgan fingerprint density at radius 3 is 2.52 bits per heavy atom. The van der Waals surface area contributed by atoms with Crippen LogP contribution in [0.1, 0.15) is 26.7 Å². The van der Waals surface area contributed by atoms with Crippen LogP contribution in [-0.4, -0.2) is 31.6 Å². The van der Waals surface area contributed by atoms with Gasteiger partial charge in [0.2, 0.25) is 5.91 Å². The lowest BCUT2D eigenvalue weighted by molar-refractivity contribution is -0.146. The molecule has 1 N–H and O–H groups in total. The summed E-state index contributed by atoms with van der Waals surface area (Å²) in [4.78, 5) is 23.5. The first kappa shape index (κ1) is 19.6. The molecule has 1 aromatic carbocycles. The summed E-state index contributed by atoms with van der Waals surface area (Å²) in [6.07, 6.45) is 0.738. The van der Waals surface area contributed by atoms with Crippen LogP contribution in [0, 0.1) is 5.92 Å². The SMILES string of the molecule is COC(=O)[C@@H](NC(=O)CCCOc1ccc(Cl)cc1Cl)C(C)C. The Kier molecular flexibility index (Phi) is 8.20. The van der Waals surface area contributed by atoms with Crippen LogP contribution in [0.5, 0.6) is 5.75 Å². The third-order valence-corrected chi connectivity index (χ3v) is 3.67. The molecule has 1 rings (SSSR count). The number of esters is 1. The molecule has 7 heteroatoms. The zero-order chi connectivity index (χ0) is 17.4. The molecule has 0 radical (unpaired) electrons. The van der Waals surface area contributed by atoms with Crippen LogP contribution in [0.4, 0.5) is 0 Å². The minimum atomic E-state index is -0.640. The first-order valence-corrected chi connectivity index (χ1v) is 8.05. The Morgan fingerprint density at radius 1 is 1.26 bits per heavy atom. The third kappa shape index (κ3) is 6.67. The maximum Gasteiger partial charge on any atom is 0.328 e. The summed E-state index contributed by atoms with van der Waals surface area (Å²) in [6, 6.07) is 4.31. The quantitative estimate of drug-likeness (QED) is 0.568. The molecule has 0 saturated carbocycles. The second-order valence-electron chi connectivity index (χ2n) is 5.34. The number of amides is 1. The summed E-state index contributed by atoms with van der Waals surface area (Å²) in [5, 5.41) is 3.63. The van der Waals surface area contributed by atoms with Gasteiger partial charge < -0.3 is 14.8 Å². The number of halogens is 2. The van der Waals surface area contributed by atoms with E-state index in [4.69, 9.17) is 27.9 Å². The average molecular weight is 362 g/mol. The van der Waals surface area contributed by atoms with Crippen molar-refractivity contribution >= 4 is 35.1 Å². The molecule has 0 spiro atoms. The molecular weight excluding hydrogens is 341 g/mol. The van der Waals surface area contributed by atoms with Gasteiger partial charge >= 0.3 is 5.97 Å². The fraction of sp³-hybridized carbons (Fsp3) is 0.500. The Bertz CT molecular complexity index is 549. The van der Waals surface area contributed by atoms with Gasteiger partial charge in [-0.25, -0.2) is 4.79 Å². The molecule has 5 nitrogen and oxygen atoms in total. The maximum atomic E-state index is 11.9. The highest BCUT2D eigenvalue weighted by Crippen LogP contribution is 2.27. The van der Waals surface area contributed by atoms with Gasteiger partial charge in [-0.2, -0.15) is 0 Å². The van der Waals surface area contributed by atoms with Gasteiger partial charge in [-0.05, 0) is 30.5 Å². The number of hydrogen-bond donors (Lipinski definition) is 1. The molecule has 1 atom stereocenters. The molecule has 1 amide bonds. The van der Waals surface area contributed by atoms with Gasteiger partial charge in [0.25, 0.3) is 0 Å². The standard InChI is InChI=1S/C16H21Cl2NO4/c1-10(2)15(16(21)22-3)19-14(20)5-4-8-23-13-7-6-11(17)9-12(13)18/h6-7,9-10,15H,4-5,8H2,1-3H3,(H,19,20)/t15-/m0/s1. The molecule has 1 aromatic rings. The van der Waals surface area contributed by atoms with Crippen molar-refractivity contribution < 1.29 is 19.1 Å². The van der Waals surface area contributed by atoms with Gasteiger partial charge in [0, 0.05) is 11.4 Å². The lowest BCUT2D eigenvalue weighted by atomic mass is 10.0. The number of methoxy groups -OCH3 is 1. The highest BCUT2D eigenvalue weighted by atomic mass is 35.5. The summed E-state index contributed by atoms with van der Waals surface area (Å²) in [6.45, 7) is 4.01. The van der Waals surface area contributed by atoms with E-state index >= 15 is 0 Å². The molecule has 23 heavy (non-hydrogen) atoms. The first-order valence-electron chi connectivity index (χ1n) is 7.30. The summed E-state index contributed by atoms with van der Waals surface area (Å²) >= 11 is 11.8. The zero-order valence-electron chi connectivity index (χ0n) is 13.4. The van der Waals surface area contributed by atoms with Crippen LogP contribution < -0.4 is 10.1 Å². The number of carbonyl (C=O) groups excluding carboxylic acids is 2. The van der Waals surface area contributed by atoms with Gasteiger partial charge in [0.15, 0.2) is 0 Å². The van der Waals surface area contributed by atoms with Crippen LogP contribution >= 0.6 is 23.2 Å². The fourth-order valence-electron chi connectivity index (χ4n) is 1.88. The van der Waals surface area contributed by atoms with Crippen LogP contribution in [0.15, 0.2) is 18.2 Å². The summed E-state index contributed by atoms with van der Waals surface area (Å²) in [5.74, 6) is -0.195. The van der Waals surface area contributed by atoms with E-state index in [2.05, 4.69) is 10.1 Å². The van der Waals surface area contributed by atoms with Crippen LogP contribution in [0.25, 0.3) is 0 Å². The lowest BCUT2D eigenvalue weighted by Gasteiger charge is -2.19. The molecule has 0 bridgehead atoms. The van der Waals surface area contributed by atoms with Crippen molar-refractivity contribution in [2.45, 2.75) is 32.7 Å². The number of nitrogens with one attached hydrogen (secondary N) is 1. The summed E-state index contributed by atoms with van der Waals surface area (Å²) in [7, 11) is 1.30. The predicted molar refractivity (Wildman–Crippen MR) is 90.0 cm³/mol. The maximum absolute atomic E-state index is 11.9.